The molecule has 1 saturated heterocycles. The number of nitrogens with zero attached hydrogens (tertiary/aromatic N) is 1. The zero-order valence-electron chi connectivity index (χ0n) is 17.1. The predicted molar refractivity (Wildman–Crippen MR) is 106 cm³/mol. The van der Waals surface area contributed by atoms with E-state index in [1.807, 2.05) is 12.1 Å². The Morgan fingerprint density at radius 1 is 1.03 bits per heavy atom. The number of fused-ring (bicyclic) bond motifs is 1. The first-order valence-electron chi connectivity index (χ1n) is 10.2. The van der Waals surface area contributed by atoms with Gasteiger partial charge in [-0.25, -0.2) is 4.79 Å². The van der Waals surface area contributed by atoms with Gasteiger partial charge in [-0.15, -0.1) is 0 Å². The Hall–Kier alpha value is -2.46. The molecule has 1 fully saturated rings. The highest BCUT2D eigenvalue weighted by Gasteiger charge is 2.38. The van der Waals surface area contributed by atoms with Crippen LogP contribution in [0.5, 0.6) is 0 Å². The zero-order valence-corrected chi connectivity index (χ0v) is 17.1. The number of ketones is 1. The molecule has 3 rings (SSSR count). The second-order valence-corrected chi connectivity index (χ2v) is 7.57. The number of halogens is 3. The number of piperidine rings is 1. The zero-order chi connectivity index (χ0) is 23.0. The number of aliphatic hydroxyl groups excluding tert-OH is 1. The van der Waals surface area contributed by atoms with Crippen LogP contribution in [0.25, 0.3) is 0 Å². The molecular formula is C21H27F3N2O5. The van der Waals surface area contributed by atoms with Crippen LogP contribution in [0.15, 0.2) is 18.2 Å². The lowest BCUT2D eigenvalue weighted by molar-refractivity contribution is -0.192. The fraction of sp³-hybridized carbons (Fsp3) is 0.571. The van der Waals surface area contributed by atoms with Crippen molar-refractivity contribution in [2.45, 2.75) is 50.8 Å². The highest BCUT2D eigenvalue weighted by Crippen LogP contribution is 2.18. The van der Waals surface area contributed by atoms with Crippen LogP contribution in [-0.4, -0.2) is 71.2 Å². The minimum absolute atomic E-state index is 0.0224. The van der Waals surface area contributed by atoms with E-state index in [1.54, 1.807) is 4.90 Å². The van der Waals surface area contributed by atoms with Crippen molar-refractivity contribution in [3.05, 3.63) is 34.9 Å². The number of hydrogen-bond donors (Lipinski definition) is 3. The van der Waals surface area contributed by atoms with E-state index in [0.29, 0.717) is 25.9 Å². The highest BCUT2D eigenvalue weighted by molar-refractivity contribution is 5.98. The van der Waals surface area contributed by atoms with Crippen molar-refractivity contribution in [3.63, 3.8) is 0 Å². The van der Waals surface area contributed by atoms with Crippen molar-refractivity contribution in [1.82, 2.24) is 10.2 Å². The average molecular weight is 444 g/mol. The maximum absolute atomic E-state index is 12.4. The molecule has 0 spiro atoms. The Morgan fingerprint density at radius 2 is 1.61 bits per heavy atom. The van der Waals surface area contributed by atoms with Crippen LogP contribution < -0.4 is 5.32 Å². The van der Waals surface area contributed by atoms with E-state index in [9.17, 15) is 27.9 Å². The summed E-state index contributed by atoms with van der Waals surface area (Å²) in [5, 5.41) is 20.0. The molecule has 0 atom stereocenters. The van der Waals surface area contributed by atoms with Gasteiger partial charge in [-0.3, -0.25) is 9.59 Å². The minimum Gasteiger partial charge on any atom is -0.475 e. The van der Waals surface area contributed by atoms with Gasteiger partial charge in [0.15, 0.2) is 5.78 Å². The van der Waals surface area contributed by atoms with E-state index >= 15 is 0 Å². The summed E-state index contributed by atoms with van der Waals surface area (Å²) in [4.78, 5) is 35.3. The molecule has 3 N–H and O–H groups in total. The first kappa shape index (κ1) is 24.8. The van der Waals surface area contributed by atoms with Gasteiger partial charge in [-0.05, 0) is 56.0 Å². The molecule has 1 aromatic carbocycles. The largest absolute Gasteiger partial charge is 0.490 e. The molecule has 0 bridgehead atoms. The standard InChI is InChI=1S/C19H26N2O3.C2HF3O2/c22-17-7-11-21(12-8-17)19(24)4-3-18(23)16-2-1-14-5-9-20-10-6-15(14)13-16;3-2(4,5)1(6)7/h1-2,13,17,20,22H,3-12H2;(H,6,7). The van der Waals surface area contributed by atoms with Gasteiger partial charge < -0.3 is 20.4 Å². The molecule has 172 valence electrons. The number of aliphatic carboxylic acids is 1. The molecule has 1 aromatic rings. The molecule has 7 nitrogen and oxygen atoms in total. The fourth-order valence-electron chi connectivity index (χ4n) is 3.49. The van der Waals surface area contributed by atoms with Gasteiger partial charge in [0.05, 0.1) is 6.10 Å². The number of rotatable bonds is 4. The van der Waals surface area contributed by atoms with E-state index in [4.69, 9.17) is 9.90 Å². The van der Waals surface area contributed by atoms with Gasteiger partial charge in [-0.2, -0.15) is 13.2 Å². The molecule has 10 heteroatoms. The molecule has 2 aliphatic heterocycles. The Morgan fingerprint density at radius 3 is 2.19 bits per heavy atom. The minimum atomic E-state index is -5.08. The fourth-order valence-corrected chi connectivity index (χ4v) is 3.49. The Labute approximate surface area is 178 Å². The number of amides is 1. The normalized spacial score (nSPS) is 17.1. The van der Waals surface area contributed by atoms with Gasteiger partial charge in [-0.1, -0.05) is 12.1 Å². The predicted octanol–water partition coefficient (Wildman–Crippen LogP) is 1.95. The summed E-state index contributed by atoms with van der Waals surface area (Å²) >= 11 is 0. The molecule has 31 heavy (non-hydrogen) atoms. The Balaban J connectivity index is 0.000000423. The summed E-state index contributed by atoms with van der Waals surface area (Å²) in [6.07, 6.45) is -1.63. The lowest BCUT2D eigenvalue weighted by Crippen LogP contribution is -2.40. The molecule has 1 amide bonds. The van der Waals surface area contributed by atoms with Crippen LogP contribution in [-0.2, 0) is 22.4 Å². The Kier molecular flexibility index (Phi) is 9.00. The van der Waals surface area contributed by atoms with Gasteiger partial charge in [0.25, 0.3) is 0 Å². The second kappa shape index (κ2) is 11.2. The number of aliphatic hydroxyl groups is 1. The second-order valence-electron chi connectivity index (χ2n) is 7.57. The summed E-state index contributed by atoms with van der Waals surface area (Å²) < 4.78 is 31.7. The smallest absolute Gasteiger partial charge is 0.475 e. The first-order valence-corrected chi connectivity index (χ1v) is 10.2. The third kappa shape index (κ3) is 7.95. The van der Waals surface area contributed by atoms with Gasteiger partial charge in [0, 0.05) is 31.5 Å². The van der Waals surface area contributed by atoms with Crippen LogP contribution in [0.3, 0.4) is 0 Å². The molecule has 0 aliphatic carbocycles. The third-order valence-electron chi connectivity index (χ3n) is 5.30. The van der Waals surface area contributed by atoms with Crippen LogP contribution >= 0.6 is 0 Å². The summed E-state index contributed by atoms with van der Waals surface area (Å²) in [5.74, 6) is -2.69. The number of carboxylic acids is 1. The number of benzene rings is 1. The summed E-state index contributed by atoms with van der Waals surface area (Å²) in [6, 6.07) is 5.96. The van der Waals surface area contributed by atoms with E-state index in [0.717, 1.165) is 31.5 Å². The number of hydrogen-bond acceptors (Lipinski definition) is 5. The number of carboxylic acid groups (broad SMARTS) is 1. The van der Waals surface area contributed by atoms with E-state index in [1.165, 1.54) is 11.1 Å². The number of alkyl halides is 3. The summed E-state index contributed by atoms with van der Waals surface area (Å²) in [7, 11) is 0. The highest BCUT2D eigenvalue weighted by atomic mass is 19.4. The average Bonchev–Trinajstić information content (AvgIpc) is 2.97. The van der Waals surface area contributed by atoms with Gasteiger partial charge in [0.2, 0.25) is 5.91 Å². The summed E-state index contributed by atoms with van der Waals surface area (Å²) in [5.41, 5.74) is 3.29. The number of carbonyl (C=O) groups excluding carboxylic acids is 2. The lowest BCUT2D eigenvalue weighted by atomic mass is 9.97. The molecular weight excluding hydrogens is 417 g/mol. The molecule has 2 heterocycles. The maximum atomic E-state index is 12.4. The quantitative estimate of drug-likeness (QED) is 0.613. The topological polar surface area (TPSA) is 107 Å². The van der Waals surface area contributed by atoms with Crippen molar-refractivity contribution in [2.75, 3.05) is 26.2 Å². The van der Waals surface area contributed by atoms with Crippen LogP contribution in [0.1, 0.15) is 47.2 Å². The first-order chi connectivity index (χ1) is 14.6. The molecule has 0 saturated carbocycles. The van der Waals surface area contributed by atoms with Gasteiger partial charge in [0.1, 0.15) is 0 Å². The van der Waals surface area contributed by atoms with Crippen molar-refractivity contribution in [2.24, 2.45) is 0 Å². The number of Topliss-reactive ketones (excluding diaryl/α,β-unsaturated/α-hetero) is 1. The Bertz CT molecular complexity index is 790. The number of nitrogens with one attached hydrogen (secondary N) is 1. The van der Waals surface area contributed by atoms with Crippen molar-refractivity contribution >= 4 is 17.7 Å². The van der Waals surface area contributed by atoms with Crippen molar-refractivity contribution < 1.29 is 37.8 Å². The number of carbonyl (C=O) groups is 3. The monoisotopic (exact) mass is 444 g/mol. The van der Waals surface area contributed by atoms with Gasteiger partial charge >= 0.3 is 12.1 Å². The van der Waals surface area contributed by atoms with Crippen molar-refractivity contribution in [3.8, 4) is 0 Å². The lowest BCUT2D eigenvalue weighted by Gasteiger charge is -2.29. The van der Waals surface area contributed by atoms with E-state index in [2.05, 4.69) is 11.4 Å². The SMILES string of the molecule is O=C(CCC(=O)N1CCC(O)CC1)c1ccc2c(c1)CCNCC2.O=C(O)C(F)(F)F. The number of likely N-dealkylation sites (tertiary alicyclic amines) is 1. The molecule has 0 radical (unpaired) electrons. The van der Waals surface area contributed by atoms with E-state index in [-0.39, 0.29) is 30.6 Å². The van der Waals surface area contributed by atoms with Crippen LogP contribution in [0.2, 0.25) is 0 Å². The van der Waals surface area contributed by atoms with Crippen LogP contribution in [0.4, 0.5) is 13.2 Å². The molecule has 0 unspecified atom stereocenters. The molecule has 2 aliphatic rings. The van der Waals surface area contributed by atoms with E-state index < -0.39 is 12.1 Å². The molecule has 0 aromatic heterocycles. The van der Waals surface area contributed by atoms with Crippen LogP contribution in [0, 0.1) is 0 Å². The maximum Gasteiger partial charge on any atom is 0.490 e. The third-order valence-corrected chi connectivity index (χ3v) is 5.30. The summed E-state index contributed by atoms with van der Waals surface area (Å²) in [6.45, 7) is 3.13. The van der Waals surface area contributed by atoms with Crippen molar-refractivity contribution in [1.29, 1.82) is 0 Å².